The molecule has 1 fully saturated rings. The van der Waals surface area contributed by atoms with Gasteiger partial charge in [-0.3, -0.25) is 0 Å². The van der Waals surface area contributed by atoms with Gasteiger partial charge in [-0.05, 0) is 19.8 Å². The van der Waals surface area contributed by atoms with Crippen molar-refractivity contribution in [3.8, 4) is 0 Å². The van der Waals surface area contributed by atoms with E-state index < -0.39 is 21.8 Å². The van der Waals surface area contributed by atoms with Crippen LogP contribution in [0.25, 0.3) is 0 Å². The molecular weight excluding hydrogens is 280 g/mol. The number of alkyl halides is 1. The van der Waals surface area contributed by atoms with Gasteiger partial charge >= 0.3 is 16.3 Å². The van der Waals surface area contributed by atoms with Crippen LogP contribution in [-0.4, -0.2) is 32.5 Å². The van der Waals surface area contributed by atoms with E-state index in [1.807, 2.05) is 0 Å². The van der Waals surface area contributed by atoms with Crippen LogP contribution in [0.2, 0.25) is 0 Å². The molecule has 1 saturated carbocycles. The van der Waals surface area contributed by atoms with Crippen molar-refractivity contribution in [1.29, 1.82) is 0 Å². The summed E-state index contributed by atoms with van der Waals surface area (Å²) in [5.74, 6) is 0.191. The fraction of sp³-hybridized carbons (Fsp3) is 0.900. The predicted molar refractivity (Wildman–Crippen MR) is 68.7 cm³/mol. The smallest absolute Gasteiger partial charge is 0.421 e. The van der Waals surface area contributed by atoms with Crippen LogP contribution in [0, 0.1) is 0 Å². The van der Waals surface area contributed by atoms with Crippen molar-refractivity contribution in [2.24, 2.45) is 0 Å². The number of amides is 1. The first-order valence-electron chi connectivity index (χ1n) is 5.97. The first-order valence-corrected chi connectivity index (χ1v) is 7.99. The van der Waals surface area contributed by atoms with Crippen molar-refractivity contribution >= 4 is 27.9 Å². The van der Waals surface area contributed by atoms with E-state index in [0.717, 1.165) is 19.3 Å². The summed E-state index contributed by atoms with van der Waals surface area (Å²) in [6, 6.07) is 0. The third kappa shape index (κ3) is 4.62. The summed E-state index contributed by atoms with van der Waals surface area (Å²) >= 11 is 5.87. The van der Waals surface area contributed by atoms with E-state index in [-0.39, 0.29) is 12.5 Å². The minimum atomic E-state index is -3.93. The van der Waals surface area contributed by atoms with Gasteiger partial charge in [0, 0.05) is 11.4 Å². The van der Waals surface area contributed by atoms with E-state index in [1.54, 1.807) is 11.6 Å². The molecule has 0 aromatic heterocycles. The number of nitrogens with one attached hydrogen (secondary N) is 2. The molecule has 18 heavy (non-hydrogen) atoms. The van der Waals surface area contributed by atoms with Crippen LogP contribution in [0.4, 0.5) is 4.79 Å². The lowest BCUT2D eigenvalue weighted by Crippen LogP contribution is -2.55. The molecule has 0 bridgehead atoms. The summed E-state index contributed by atoms with van der Waals surface area (Å²) in [5, 5.41) is 0. The van der Waals surface area contributed by atoms with Gasteiger partial charge in [-0.25, -0.2) is 9.52 Å². The molecule has 0 aromatic rings. The molecule has 1 rings (SSSR count). The highest BCUT2D eigenvalue weighted by Crippen LogP contribution is 2.29. The summed E-state index contributed by atoms with van der Waals surface area (Å²) in [4.78, 5) is 11.1. The number of hydrogen-bond acceptors (Lipinski definition) is 4. The van der Waals surface area contributed by atoms with Crippen LogP contribution >= 0.6 is 11.6 Å². The van der Waals surface area contributed by atoms with Gasteiger partial charge in [0.15, 0.2) is 0 Å². The average molecular weight is 299 g/mol. The summed E-state index contributed by atoms with van der Waals surface area (Å²) in [6.45, 7) is 1.71. The molecule has 0 atom stereocenters. The standard InChI is InChI=1S/C10H19ClN2O4S/c1-2-17-9(14)12-18(15,16)13-10(8-11)6-4-3-5-7-10/h13H,2-8H2,1H3,(H,12,14). The Kier molecular flexibility index (Phi) is 5.68. The SMILES string of the molecule is CCOC(=O)NS(=O)(=O)NC1(CCl)CCCCC1. The van der Waals surface area contributed by atoms with E-state index in [9.17, 15) is 13.2 Å². The average Bonchev–Trinajstić information content (AvgIpc) is 2.29. The second-order valence-electron chi connectivity index (χ2n) is 4.40. The molecule has 6 nitrogen and oxygen atoms in total. The Morgan fingerprint density at radius 3 is 2.44 bits per heavy atom. The van der Waals surface area contributed by atoms with Crippen molar-refractivity contribution in [2.45, 2.75) is 44.6 Å². The number of halogens is 1. The summed E-state index contributed by atoms with van der Waals surface area (Å²) in [5.41, 5.74) is -0.655. The Balaban J connectivity index is 2.65. The fourth-order valence-electron chi connectivity index (χ4n) is 2.07. The van der Waals surface area contributed by atoms with Crippen LogP contribution in [0.5, 0.6) is 0 Å². The molecule has 1 aliphatic rings. The van der Waals surface area contributed by atoms with Gasteiger partial charge in [0.1, 0.15) is 0 Å². The molecular formula is C10H19ClN2O4S. The third-order valence-corrected chi connectivity index (χ3v) is 4.56. The lowest BCUT2D eigenvalue weighted by molar-refractivity contribution is 0.158. The van der Waals surface area contributed by atoms with Crippen molar-refractivity contribution in [2.75, 3.05) is 12.5 Å². The highest BCUT2D eigenvalue weighted by molar-refractivity contribution is 7.88. The second kappa shape index (κ2) is 6.58. The quantitative estimate of drug-likeness (QED) is 0.754. The number of rotatable bonds is 5. The zero-order valence-corrected chi connectivity index (χ0v) is 11.9. The highest BCUT2D eigenvalue weighted by atomic mass is 35.5. The van der Waals surface area contributed by atoms with Crippen LogP contribution in [0.1, 0.15) is 39.0 Å². The van der Waals surface area contributed by atoms with Crippen LogP contribution in [0.3, 0.4) is 0 Å². The zero-order chi connectivity index (χ0) is 13.6. The Hall–Kier alpha value is -0.530. The Labute approximate surface area is 113 Å². The van der Waals surface area contributed by atoms with Gasteiger partial charge in [-0.1, -0.05) is 19.3 Å². The monoisotopic (exact) mass is 298 g/mol. The lowest BCUT2D eigenvalue weighted by Gasteiger charge is -2.35. The van der Waals surface area contributed by atoms with Crippen molar-refractivity contribution in [3.05, 3.63) is 0 Å². The summed E-state index contributed by atoms with van der Waals surface area (Å²) in [6.07, 6.45) is 3.31. The van der Waals surface area contributed by atoms with Gasteiger partial charge in [0.05, 0.1) is 6.61 Å². The molecule has 0 aliphatic heterocycles. The minimum absolute atomic E-state index is 0.113. The van der Waals surface area contributed by atoms with Gasteiger partial charge in [0.25, 0.3) is 0 Å². The van der Waals surface area contributed by atoms with Gasteiger partial charge in [-0.15, -0.1) is 11.6 Å². The van der Waals surface area contributed by atoms with Crippen LogP contribution in [-0.2, 0) is 14.9 Å². The Bertz CT molecular complexity index is 379. The van der Waals surface area contributed by atoms with Gasteiger partial charge in [-0.2, -0.15) is 13.1 Å². The first kappa shape index (κ1) is 15.5. The maximum atomic E-state index is 11.8. The number of hydrogen-bond donors (Lipinski definition) is 2. The molecule has 8 heteroatoms. The molecule has 0 saturated heterocycles. The molecule has 0 aromatic carbocycles. The molecule has 0 spiro atoms. The van der Waals surface area contributed by atoms with Crippen molar-refractivity contribution in [3.63, 3.8) is 0 Å². The largest absolute Gasteiger partial charge is 0.449 e. The zero-order valence-electron chi connectivity index (χ0n) is 10.4. The highest BCUT2D eigenvalue weighted by Gasteiger charge is 2.35. The van der Waals surface area contributed by atoms with Gasteiger partial charge in [0.2, 0.25) is 0 Å². The molecule has 1 aliphatic carbocycles. The molecule has 1 amide bonds. The summed E-state index contributed by atoms with van der Waals surface area (Å²) in [7, 11) is -3.93. The minimum Gasteiger partial charge on any atom is -0.449 e. The molecule has 0 heterocycles. The van der Waals surface area contributed by atoms with Crippen LogP contribution in [0.15, 0.2) is 0 Å². The fourth-order valence-corrected chi connectivity index (χ4v) is 3.66. The second-order valence-corrected chi connectivity index (χ2v) is 6.09. The van der Waals surface area contributed by atoms with Crippen LogP contribution < -0.4 is 9.44 Å². The topological polar surface area (TPSA) is 84.5 Å². The lowest BCUT2D eigenvalue weighted by atomic mass is 9.84. The molecule has 106 valence electrons. The number of ether oxygens (including phenoxy) is 1. The molecule has 0 unspecified atom stereocenters. The predicted octanol–water partition coefficient (Wildman–Crippen LogP) is 1.51. The maximum absolute atomic E-state index is 11.8. The van der Waals surface area contributed by atoms with Crippen molar-refractivity contribution in [1.82, 2.24) is 9.44 Å². The van der Waals surface area contributed by atoms with Gasteiger partial charge < -0.3 is 4.74 Å². The van der Waals surface area contributed by atoms with E-state index in [4.69, 9.17) is 11.6 Å². The maximum Gasteiger partial charge on any atom is 0.421 e. The summed E-state index contributed by atoms with van der Waals surface area (Å²) < 4.78 is 32.3. The normalized spacial score (nSPS) is 19.2. The van der Waals surface area contributed by atoms with E-state index in [2.05, 4.69) is 9.46 Å². The molecule has 2 N–H and O–H groups in total. The Morgan fingerprint density at radius 2 is 1.94 bits per heavy atom. The Morgan fingerprint density at radius 1 is 1.33 bits per heavy atom. The number of carbonyl (C=O) groups excluding carboxylic acids is 1. The van der Waals surface area contributed by atoms with Crippen molar-refractivity contribution < 1.29 is 17.9 Å². The first-order chi connectivity index (χ1) is 8.43. The molecule has 0 radical (unpaired) electrons. The van der Waals surface area contributed by atoms with E-state index in [1.165, 1.54) is 0 Å². The van der Waals surface area contributed by atoms with E-state index >= 15 is 0 Å². The number of carbonyl (C=O) groups is 1. The van der Waals surface area contributed by atoms with E-state index in [0.29, 0.717) is 12.8 Å². The third-order valence-electron chi connectivity index (χ3n) is 2.91.